The van der Waals surface area contributed by atoms with Gasteiger partial charge in [-0.2, -0.15) is 0 Å². The van der Waals surface area contributed by atoms with Gasteiger partial charge in [-0.05, 0) is 60.7 Å². The number of pyridine rings is 1. The molecule has 1 saturated heterocycles. The number of carbonyl (C=O) groups excluding carboxylic acids is 1. The topological polar surface area (TPSA) is 71.0 Å². The fraction of sp³-hybridized carbons (Fsp3) is 0.292. The highest BCUT2D eigenvalue weighted by atomic mass is 35.5. The monoisotopic (exact) mass is 434 g/mol. The van der Waals surface area contributed by atoms with Gasteiger partial charge in [0.15, 0.2) is 0 Å². The van der Waals surface area contributed by atoms with Gasteiger partial charge in [0.25, 0.3) is 11.5 Å². The smallest absolute Gasteiger partial charge is 0.280 e. The molecule has 1 fully saturated rings. The van der Waals surface area contributed by atoms with E-state index in [4.69, 9.17) is 11.6 Å². The number of fused-ring (bicyclic) bond motifs is 3. The van der Waals surface area contributed by atoms with Crippen molar-refractivity contribution in [2.45, 2.75) is 20.3 Å². The summed E-state index contributed by atoms with van der Waals surface area (Å²) < 4.78 is 1.48. The van der Waals surface area contributed by atoms with Crippen LogP contribution in [0.1, 0.15) is 30.6 Å². The number of hydrogen-bond donors (Lipinski definition) is 1. The van der Waals surface area contributed by atoms with Crippen molar-refractivity contribution in [2.24, 2.45) is 11.8 Å². The number of aromatic nitrogens is 3. The average Bonchev–Trinajstić information content (AvgIpc) is 3.09. The zero-order chi connectivity index (χ0) is 21.7. The fourth-order valence-corrected chi connectivity index (χ4v) is 4.80. The van der Waals surface area contributed by atoms with Crippen molar-refractivity contribution in [1.82, 2.24) is 19.7 Å². The highest BCUT2D eigenvalue weighted by Crippen LogP contribution is 2.26. The SMILES string of the molecule is C[C@@H]1C[C@@H](C)CN(C(=O)c2ccc3ncc4c(=O)n(-c5ccc(Cl)cc5)[nH]c4c3c2)C1. The molecule has 2 aromatic heterocycles. The maximum Gasteiger partial charge on any atom is 0.280 e. The standard InChI is InChI=1S/C24H23ClN4O2/c1-14-9-15(2)13-28(12-14)23(30)16-3-8-21-19(10-16)22-20(11-26-21)24(31)29(27-22)18-6-4-17(25)5-7-18/h3-8,10-11,14-15,27H,9,12-13H2,1-2H3/t14-,15-/m1/s1. The second-order valence-corrected chi connectivity index (χ2v) is 9.10. The van der Waals surface area contributed by atoms with E-state index in [1.54, 1.807) is 30.5 Å². The van der Waals surface area contributed by atoms with Gasteiger partial charge in [-0.25, -0.2) is 4.68 Å². The molecule has 2 aromatic carbocycles. The van der Waals surface area contributed by atoms with Crippen LogP contribution in [0.15, 0.2) is 53.5 Å². The number of aromatic amines is 1. The molecule has 31 heavy (non-hydrogen) atoms. The van der Waals surface area contributed by atoms with E-state index in [1.807, 2.05) is 23.1 Å². The molecule has 158 valence electrons. The quantitative estimate of drug-likeness (QED) is 0.499. The van der Waals surface area contributed by atoms with Gasteiger partial charge in [0.1, 0.15) is 0 Å². The Morgan fingerprint density at radius 2 is 1.77 bits per heavy atom. The van der Waals surface area contributed by atoms with Crippen LogP contribution in [-0.4, -0.2) is 38.7 Å². The summed E-state index contributed by atoms with van der Waals surface area (Å²) in [6.07, 6.45) is 2.73. The minimum atomic E-state index is -0.192. The third kappa shape index (κ3) is 3.51. The summed E-state index contributed by atoms with van der Waals surface area (Å²) in [5, 5.41) is 5.03. The normalized spacial score (nSPS) is 19.3. The number of halogens is 1. The van der Waals surface area contributed by atoms with Crippen molar-refractivity contribution in [3.63, 3.8) is 0 Å². The van der Waals surface area contributed by atoms with Gasteiger partial charge in [0, 0.05) is 35.3 Å². The molecule has 0 bridgehead atoms. The number of carbonyl (C=O) groups is 1. The van der Waals surface area contributed by atoms with Crippen molar-refractivity contribution in [2.75, 3.05) is 13.1 Å². The first-order valence-electron chi connectivity index (χ1n) is 10.5. The molecule has 6 nitrogen and oxygen atoms in total. The lowest BCUT2D eigenvalue weighted by molar-refractivity contribution is 0.0623. The number of likely N-dealkylation sites (tertiary alicyclic amines) is 1. The molecule has 0 aliphatic carbocycles. The molecule has 0 saturated carbocycles. The minimum Gasteiger partial charge on any atom is -0.338 e. The van der Waals surface area contributed by atoms with Gasteiger partial charge >= 0.3 is 0 Å². The summed E-state index contributed by atoms with van der Waals surface area (Å²) in [7, 11) is 0. The van der Waals surface area contributed by atoms with Gasteiger partial charge in [0.2, 0.25) is 0 Å². The van der Waals surface area contributed by atoms with E-state index in [1.165, 1.54) is 4.68 Å². The highest BCUT2D eigenvalue weighted by Gasteiger charge is 2.26. The molecule has 4 aromatic rings. The van der Waals surface area contributed by atoms with Crippen molar-refractivity contribution < 1.29 is 4.79 Å². The molecule has 3 heterocycles. The summed E-state index contributed by atoms with van der Waals surface area (Å²) >= 11 is 5.98. The lowest BCUT2D eigenvalue weighted by Crippen LogP contribution is -2.42. The van der Waals surface area contributed by atoms with E-state index in [0.29, 0.717) is 39.0 Å². The summed E-state index contributed by atoms with van der Waals surface area (Å²) in [4.78, 5) is 32.6. The Kier molecular flexibility index (Phi) is 4.82. The number of hydrogen-bond acceptors (Lipinski definition) is 3. The van der Waals surface area contributed by atoms with Crippen molar-refractivity contribution >= 4 is 39.3 Å². The van der Waals surface area contributed by atoms with Gasteiger partial charge in [-0.15, -0.1) is 0 Å². The van der Waals surface area contributed by atoms with Crippen molar-refractivity contribution in [3.05, 3.63) is 69.6 Å². The molecule has 5 rings (SSSR count). The lowest BCUT2D eigenvalue weighted by atomic mass is 9.91. The highest BCUT2D eigenvalue weighted by molar-refractivity contribution is 6.30. The Labute approximate surface area is 184 Å². The Morgan fingerprint density at radius 3 is 2.48 bits per heavy atom. The minimum absolute atomic E-state index is 0.0248. The number of nitrogens with zero attached hydrogens (tertiary/aromatic N) is 3. The van der Waals surface area contributed by atoms with Crippen LogP contribution >= 0.6 is 11.6 Å². The number of H-pyrrole nitrogens is 1. The molecule has 1 N–H and O–H groups in total. The Morgan fingerprint density at radius 1 is 1.06 bits per heavy atom. The van der Waals surface area contributed by atoms with E-state index in [0.717, 1.165) is 30.4 Å². The van der Waals surface area contributed by atoms with Gasteiger partial charge in [-0.1, -0.05) is 25.4 Å². The number of benzene rings is 2. The van der Waals surface area contributed by atoms with E-state index >= 15 is 0 Å². The molecule has 7 heteroatoms. The van der Waals surface area contributed by atoms with Crippen LogP contribution in [0.3, 0.4) is 0 Å². The third-order valence-electron chi connectivity index (χ3n) is 6.01. The first-order valence-corrected chi connectivity index (χ1v) is 10.9. The predicted molar refractivity (Wildman–Crippen MR) is 123 cm³/mol. The first-order chi connectivity index (χ1) is 14.9. The van der Waals surface area contributed by atoms with Crippen LogP contribution in [0.25, 0.3) is 27.5 Å². The number of piperidine rings is 1. The van der Waals surface area contributed by atoms with E-state index < -0.39 is 0 Å². The summed E-state index contributed by atoms with van der Waals surface area (Å²) in [5.41, 5.74) is 2.50. The van der Waals surface area contributed by atoms with Gasteiger partial charge in [-0.3, -0.25) is 19.7 Å². The van der Waals surface area contributed by atoms with E-state index in [-0.39, 0.29) is 11.5 Å². The summed E-state index contributed by atoms with van der Waals surface area (Å²) in [6.45, 7) is 5.92. The molecule has 0 radical (unpaired) electrons. The van der Waals surface area contributed by atoms with Crippen LogP contribution in [0.4, 0.5) is 0 Å². The third-order valence-corrected chi connectivity index (χ3v) is 6.26. The largest absolute Gasteiger partial charge is 0.338 e. The van der Waals surface area contributed by atoms with Gasteiger partial charge < -0.3 is 4.90 Å². The molecule has 0 spiro atoms. The number of amides is 1. The maximum absolute atomic E-state index is 13.2. The van der Waals surface area contributed by atoms with E-state index in [2.05, 4.69) is 23.9 Å². The maximum atomic E-state index is 13.2. The van der Waals surface area contributed by atoms with Crippen LogP contribution in [0.2, 0.25) is 5.02 Å². The lowest BCUT2D eigenvalue weighted by Gasteiger charge is -2.35. The molecular formula is C24H23ClN4O2. The second kappa shape index (κ2) is 7.54. The first kappa shape index (κ1) is 19.8. The Bertz CT molecular complexity index is 1350. The average molecular weight is 435 g/mol. The molecule has 1 aliphatic rings. The molecule has 1 amide bonds. The van der Waals surface area contributed by atoms with Crippen molar-refractivity contribution in [1.29, 1.82) is 0 Å². The van der Waals surface area contributed by atoms with Crippen LogP contribution < -0.4 is 5.56 Å². The van der Waals surface area contributed by atoms with Crippen molar-refractivity contribution in [3.8, 4) is 5.69 Å². The molecular weight excluding hydrogens is 412 g/mol. The zero-order valence-corrected chi connectivity index (χ0v) is 18.2. The second-order valence-electron chi connectivity index (χ2n) is 8.66. The molecule has 0 unspecified atom stereocenters. The van der Waals surface area contributed by atoms with Crippen LogP contribution in [0, 0.1) is 11.8 Å². The summed E-state index contributed by atoms with van der Waals surface area (Å²) in [6, 6.07) is 12.5. The Hall–Kier alpha value is -3.12. The fourth-order valence-electron chi connectivity index (χ4n) is 4.67. The number of rotatable bonds is 2. The van der Waals surface area contributed by atoms with Crippen LogP contribution in [-0.2, 0) is 0 Å². The van der Waals surface area contributed by atoms with Crippen LogP contribution in [0.5, 0.6) is 0 Å². The summed E-state index contributed by atoms with van der Waals surface area (Å²) in [5.74, 6) is 1.01. The molecule has 1 aliphatic heterocycles. The predicted octanol–water partition coefficient (Wildman–Crippen LogP) is 4.64. The molecule has 2 atom stereocenters. The zero-order valence-electron chi connectivity index (χ0n) is 17.4. The Balaban J connectivity index is 1.61. The number of nitrogens with one attached hydrogen (secondary N) is 1. The van der Waals surface area contributed by atoms with Gasteiger partial charge in [0.05, 0.1) is 22.1 Å². The van der Waals surface area contributed by atoms with E-state index in [9.17, 15) is 9.59 Å².